The van der Waals surface area contributed by atoms with Crippen LogP contribution in [0.3, 0.4) is 0 Å². The molecule has 0 radical (unpaired) electrons. The summed E-state index contributed by atoms with van der Waals surface area (Å²) in [6.45, 7) is 6.02. The SMILES string of the molecule is Cc1nc(N)sc1S(=O)(=O)NC1CC(C)CC(C)C1. The summed E-state index contributed by atoms with van der Waals surface area (Å²) < 4.78 is 27.8. The number of hydrogen-bond acceptors (Lipinski definition) is 5. The maximum atomic E-state index is 12.4. The number of nitrogens with one attached hydrogen (secondary N) is 1. The minimum Gasteiger partial charge on any atom is -0.375 e. The molecule has 0 bridgehead atoms. The van der Waals surface area contributed by atoms with Gasteiger partial charge in [-0.3, -0.25) is 0 Å². The molecule has 1 aromatic rings. The van der Waals surface area contributed by atoms with E-state index in [9.17, 15) is 8.42 Å². The lowest BCUT2D eigenvalue weighted by Crippen LogP contribution is -2.39. The maximum Gasteiger partial charge on any atom is 0.252 e. The second kappa shape index (κ2) is 5.38. The summed E-state index contributed by atoms with van der Waals surface area (Å²) in [4.78, 5) is 3.98. The van der Waals surface area contributed by atoms with Gasteiger partial charge in [-0.1, -0.05) is 25.2 Å². The Morgan fingerprint density at radius 3 is 2.32 bits per heavy atom. The molecule has 2 rings (SSSR count). The Morgan fingerprint density at radius 2 is 1.84 bits per heavy atom. The molecule has 108 valence electrons. The molecule has 1 saturated carbocycles. The predicted molar refractivity (Wildman–Crippen MR) is 77.6 cm³/mol. The quantitative estimate of drug-likeness (QED) is 0.896. The molecule has 1 fully saturated rings. The van der Waals surface area contributed by atoms with E-state index in [2.05, 4.69) is 23.6 Å². The molecule has 1 heterocycles. The highest BCUT2D eigenvalue weighted by Gasteiger charge is 2.29. The largest absolute Gasteiger partial charge is 0.375 e. The fourth-order valence-electron chi connectivity index (χ4n) is 2.97. The van der Waals surface area contributed by atoms with E-state index in [1.807, 2.05) is 0 Å². The summed E-state index contributed by atoms with van der Waals surface area (Å²) in [6.07, 6.45) is 2.97. The lowest BCUT2D eigenvalue weighted by Gasteiger charge is -2.31. The summed E-state index contributed by atoms with van der Waals surface area (Å²) in [7, 11) is -3.49. The second-order valence-electron chi connectivity index (χ2n) is 5.66. The van der Waals surface area contributed by atoms with E-state index in [4.69, 9.17) is 5.73 Å². The smallest absolute Gasteiger partial charge is 0.252 e. The number of nitrogens with two attached hydrogens (primary N) is 1. The molecule has 2 unspecified atom stereocenters. The first-order valence-electron chi connectivity index (χ1n) is 6.53. The van der Waals surface area contributed by atoms with E-state index in [1.54, 1.807) is 6.92 Å². The first kappa shape index (κ1) is 14.7. The van der Waals surface area contributed by atoms with E-state index < -0.39 is 10.0 Å². The Labute approximate surface area is 118 Å². The van der Waals surface area contributed by atoms with E-state index in [1.165, 1.54) is 6.42 Å². The van der Waals surface area contributed by atoms with Gasteiger partial charge in [0.15, 0.2) is 9.34 Å². The maximum absolute atomic E-state index is 12.4. The molecule has 0 aromatic carbocycles. The number of nitrogen functional groups attached to an aromatic ring is 1. The van der Waals surface area contributed by atoms with Crippen molar-refractivity contribution in [2.45, 2.75) is 50.3 Å². The number of sulfonamides is 1. The molecule has 2 atom stereocenters. The molecule has 1 aliphatic rings. The van der Waals surface area contributed by atoms with E-state index in [-0.39, 0.29) is 10.3 Å². The van der Waals surface area contributed by atoms with E-state index >= 15 is 0 Å². The van der Waals surface area contributed by atoms with Crippen LogP contribution < -0.4 is 10.5 Å². The molecule has 7 heteroatoms. The molecular formula is C12H21N3O2S2. The summed E-state index contributed by atoms with van der Waals surface area (Å²) in [5.74, 6) is 1.12. The van der Waals surface area contributed by atoms with Crippen LogP contribution in [0, 0.1) is 18.8 Å². The fraction of sp³-hybridized carbons (Fsp3) is 0.750. The number of aryl methyl sites for hydroxylation is 1. The monoisotopic (exact) mass is 303 g/mol. The van der Waals surface area contributed by atoms with Gasteiger partial charge in [-0.15, -0.1) is 0 Å². The Bertz CT molecular complexity index is 543. The highest BCUT2D eigenvalue weighted by molar-refractivity contribution is 7.91. The normalized spacial score (nSPS) is 28.5. The zero-order valence-electron chi connectivity index (χ0n) is 11.5. The molecule has 1 aliphatic carbocycles. The number of aromatic nitrogens is 1. The van der Waals surface area contributed by atoms with Gasteiger partial charge in [0.05, 0.1) is 5.69 Å². The van der Waals surface area contributed by atoms with Crippen LogP contribution in [0.4, 0.5) is 5.13 Å². The molecule has 5 nitrogen and oxygen atoms in total. The summed E-state index contributed by atoms with van der Waals surface area (Å²) in [5, 5.41) is 0.295. The number of nitrogens with zero attached hydrogens (tertiary/aromatic N) is 1. The van der Waals surface area contributed by atoms with E-state index in [0.29, 0.717) is 22.7 Å². The number of hydrogen-bond donors (Lipinski definition) is 2. The van der Waals surface area contributed by atoms with Gasteiger partial charge in [-0.25, -0.2) is 18.1 Å². The third-order valence-corrected chi connectivity index (χ3v) is 6.63. The van der Waals surface area contributed by atoms with Crippen molar-refractivity contribution in [3.63, 3.8) is 0 Å². The van der Waals surface area contributed by atoms with Gasteiger partial charge in [0.1, 0.15) is 0 Å². The van der Waals surface area contributed by atoms with Crippen LogP contribution in [0.25, 0.3) is 0 Å². The van der Waals surface area contributed by atoms with Gasteiger partial charge in [-0.05, 0) is 38.0 Å². The van der Waals surface area contributed by atoms with Gasteiger partial charge in [0.25, 0.3) is 10.0 Å². The van der Waals surface area contributed by atoms with E-state index in [0.717, 1.165) is 24.2 Å². The highest BCUT2D eigenvalue weighted by atomic mass is 32.2. The lowest BCUT2D eigenvalue weighted by atomic mass is 9.81. The molecule has 0 saturated heterocycles. The minimum absolute atomic E-state index is 0.0199. The zero-order chi connectivity index (χ0) is 14.2. The molecule has 0 amide bonds. The average molecular weight is 303 g/mol. The Balaban J connectivity index is 2.15. The third-order valence-electron chi connectivity index (χ3n) is 3.51. The van der Waals surface area contributed by atoms with Gasteiger partial charge in [-0.2, -0.15) is 0 Å². The molecule has 0 spiro atoms. The van der Waals surface area contributed by atoms with Crippen LogP contribution in [0.2, 0.25) is 0 Å². The van der Waals surface area contributed by atoms with Gasteiger partial charge in [0.2, 0.25) is 0 Å². The average Bonchev–Trinajstić information content (AvgIpc) is 2.56. The zero-order valence-corrected chi connectivity index (χ0v) is 13.1. The van der Waals surface area contributed by atoms with Crippen molar-refractivity contribution < 1.29 is 8.42 Å². The number of rotatable bonds is 3. The predicted octanol–water partition coefficient (Wildman–Crippen LogP) is 2.14. The first-order chi connectivity index (χ1) is 8.78. The van der Waals surface area contributed by atoms with Crippen LogP contribution in [0.15, 0.2) is 4.21 Å². The van der Waals surface area contributed by atoms with Crippen molar-refractivity contribution in [1.29, 1.82) is 0 Å². The topological polar surface area (TPSA) is 85.1 Å². The summed E-state index contributed by atoms with van der Waals surface area (Å²) in [5.41, 5.74) is 6.05. The third kappa shape index (κ3) is 3.46. The standard InChI is InChI=1S/C12H21N3O2S2/c1-7-4-8(2)6-10(5-7)15-19(16,17)11-9(3)14-12(13)18-11/h7-8,10,15H,4-6H2,1-3H3,(H2,13,14). The summed E-state index contributed by atoms with van der Waals surface area (Å²) in [6, 6.07) is 0.0199. The second-order valence-corrected chi connectivity index (χ2v) is 8.60. The highest BCUT2D eigenvalue weighted by Crippen LogP contribution is 2.31. The van der Waals surface area contributed by atoms with Crippen LogP contribution in [-0.4, -0.2) is 19.4 Å². The van der Waals surface area contributed by atoms with Crippen molar-refractivity contribution in [3.8, 4) is 0 Å². The fourth-order valence-corrected chi connectivity index (χ4v) is 5.55. The van der Waals surface area contributed by atoms with Gasteiger partial charge in [0, 0.05) is 6.04 Å². The Hall–Kier alpha value is -0.660. The van der Waals surface area contributed by atoms with Crippen molar-refractivity contribution in [2.24, 2.45) is 11.8 Å². The van der Waals surface area contributed by atoms with Crippen LogP contribution in [0.1, 0.15) is 38.8 Å². The van der Waals surface area contributed by atoms with Crippen molar-refractivity contribution in [2.75, 3.05) is 5.73 Å². The molecule has 0 aliphatic heterocycles. The lowest BCUT2D eigenvalue weighted by molar-refractivity contribution is 0.258. The number of thiazole rings is 1. The van der Waals surface area contributed by atoms with Crippen molar-refractivity contribution >= 4 is 26.5 Å². The van der Waals surface area contributed by atoms with Crippen LogP contribution >= 0.6 is 11.3 Å². The molecule has 3 N–H and O–H groups in total. The van der Waals surface area contributed by atoms with Crippen LogP contribution in [0.5, 0.6) is 0 Å². The van der Waals surface area contributed by atoms with Crippen LogP contribution in [-0.2, 0) is 10.0 Å². The van der Waals surface area contributed by atoms with Crippen molar-refractivity contribution in [3.05, 3.63) is 5.69 Å². The first-order valence-corrected chi connectivity index (χ1v) is 8.83. The summed E-state index contributed by atoms with van der Waals surface area (Å²) >= 11 is 1.03. The van der Waals surface area contributed by atoms with Gasteiger partial charge < -0.3 is 5.73 Å². The van der Waals surface area contributed by atoms with Gasteiger partial charge >= 0.3 is 0 Å². The molecular weight excluding hydrogens is 282 g/mol. The van der Waals surface area contributed by atoms with Crippen molar-refractivity contribution in [1.82, 2.24) is 9.71 Å². The number of anilines is 1. The minimum atomic E-state index is -3.49. The Kier molecular flexibility index (Phi) is 4.17. The Morgan fingerprint density at radius 1 is 1.26 bits per heavy atom. The molecule has 1 aromatic heterocycles. The molecule has 19 heavy (non-hydrogen) atoms.